The molecule has 0 spiro atoms. The number of aromatic nitrogens is 4. The van der Waals surface area contributed by atoms with Crippen LogP contribution in [0, 0.1) is 0 Å². The minimum Gasteiger partial charge on any atom is -0.308 e. The molecule has 0 aliphatic heterocycles. The summed E-state index contributed by atoms with van der Waals surface area (Å²) >= 11 is 0. The third-order valence-corrected chi connectivity index (χ3v) is 3.69. The Hall–Kier alpha value is -2.64. The van der Waals surface area contributed by atoms with E-state index in [2.05, 4.69) is 20.2 Å². The Kier molecular flexibility index (Phi) is 3.90. The highest BCUT2D eigenvalue weighted by molar-refractivity contribution is 5.76. The Labute approximate surface area is 134 Å². The Bertz CT molecular complexity index is 940. The summed E-state index contributed by atoms with van der Waals surface area (Å²) in [5, 5.41) is 6.75. The van der Waals surface area contributed by atoms with Crippen molar-refractivity contribution >= 4 is 11.0 Å². The smallest absolute Gasteiger partial charge is 0.308 e. The lowest BCUT2D eigenvalue weighted by Crippen LogP contribution is -2.13. The standard InChI is InChI=1S/C16H15F3N4O/c1-8(2)12-13-14(23-22-12)15(24)21-11(20-13)7-9-4-3-5-10(6-9)16(17,18)19/h3-6,8H,7H2,1-2H3,(H,22,23)(H,20,21,24). The minimum atomic E-state index is -4.41. The number of nitrogens with zero attached hydrogens (tertiary/aromatic N) is 2. The van der Waals surface area contributed by atoms with E-state index in [1.54, 1.807) is 6.07 Å². The zero-order valence-electron chi connectivity index (χ0n) is 13.0. The van der Waals surface area contributed by atoms with Gasteiger partial charge in [-0.3, -0.25) is 9.89 Å². The third kappa shape index (κ3) is 3.04. The molecule has 126 valence electrons. The first-order valence-corrected chi connectivity index (χ1v) is 7.39. The third-order valence-electron chi connectivity index (χ3n) is 3.69. The predicted molar refractivity (Wildman–Crippen MR) is 82.8 cm³/mol. The van der Waals surface area contributed by atoms with Crippen molar-refractivity contribution in [2.24, 2.45) is 0 Å². The molecular weight excluding hydrogens is 321 g/mol. The van der Waals surface area contributed by atoms with Gasteiger partial charge in [0.05, 0.1) is 11.3 Å². The van der Waals surface area contributed by atoms with Gasteiger partial charge in [-0.1, -0.05) is 32.0 Å². The fourth-order valence-electron chi connectivity index (χ4n) is 2.51. The summed E-state index contributed by atoms with van der Waals surface area (Å²) < 4.78 is 38.4. The highest BCUT2D eigenvalue weighted by atomic mass is 19.4. The fourth-order valence-corrected chi connectivity index (χ4v) is 2.51. The van der Waals surface area contributed by atoms with Gasteiger partial charge in [-0.05, 0) is 17.5 Å². The Balaban J connectivity index is 2.02. The Morgan fingerprint density at radius 3 is 2.62 bits per heavy atom. The van der Waals surface area contributed by atoms with E-state index < -0.39 is 17.3 Å². The lowest BCUT2D eigenvalue weighted by Gasteiger charge is -2.08. The molecular formula is C16H15F3N4O. The monoisotopic (exact) mass is 336 g/mol. The second-order valence-electron chi connectivity index (χ2n) is 5.88. The molecule has 0 atom stereocenters. The number of aromatic amines is 2. The van der Waals surface area contributed by atoms with Crippen LogP contribution in [0.1, 0.15) is 42.4 Å². The van der Waals surface area contributed by atoms with Gasteiger partial charge >= 0.3 is 6.18 Å². The number of benzene rings is 1. The van der Waals surface area contributed by atoms with E-state index in [-0.39, 0.29) is 17.9 Å². The summed E-state index contributed by atoms with van der Waals surface area (Å²) in [7, 11) is 0. The van der Waals surface area contributed by atoms with Crippen LogP contribution in [-0.2, 0) is 12.6 Å². The maximum absolute atomic E-state index is 12.8. The molecule has 0 fully saturated rings. The average molecular weight is 336 g/mol. The van der Waals surface area contributed by atoms with Gasteiger partial charge in [-0.15, -0.1) is 0 Å². The van der Waals surface area contributed by atoms with Gasteiger partial charge in [0.2, 0.25) is 0 Å². The van der Waals surface area contributed by atoms with E-state index in [4.69, 9.17) is 0 Å². The van der Waals surface area contributed by atoms with E-state index in [9.17, 15) is 18.0 Å². The summed E-state index contributed by atoms with van der Waals surface area (Å²) in [6, 6.07) is 4.98. The maximum Gasteiger partial charge on any atom is 0.416 e. The molecule has 2 aromatic heterocycles. The van der Waals surface area contributed by atoms with E-state index in [1.165, 1.54) is 6.07 Å². The molecule has 0 amide bonds. The number of nitrogens with one attached hydrogen (secondary N) is 2. The van der Waals surface area contributed by atoms with Crippen molar-refractivity contribution in [1.29, 1.82) is 0 Å². The second-order valence-corrected chi connectivity index (χ2v) is 5.88. The van der Waals surface area contributed by atoms with Crippen LogP contribution in [0.25, 0.3) is 11.0 Å². The van der Waals surface area contributed by atoms with Crippen molar-refractivity contribution in [1.82, 2.24) is 20.2 Å². The molecule has 0 unspecified atom stereocenters. The molecule has 0 aliphatic carbocycles. The number of hydrogen-bond donors (Lipinski definition) is 2. The summed E-state index contributed by atoms with van der Waals surface area (Å²) in [4.78, 5) is 19.0. The molecule has 0 bridgehead atoms. The summed E-state index contributed by atoms with van der Waals surface area (Å²) in [5.41, 5.74) is 0.658. The van der Waals surface area contributed by atoms with Gasteiger partial charge in [-0.25, -0.2) is 4.98 Å². The topological polar surface area (TPSA) is 74.4 Å². The van der Waals surface area contributed by atoms with Crippen molar-refractivity contribution in [2.75, 3.05) is 0 Å². The first-order chi connectivity index (χ1) is 11.3. The molecule has 1 aromatic carbocycles. The van der Waals surface area contributed by atoms with Crippen molar-refractivity contribution in [3.05, 3.63) is 57.3 Å². The quantitative estimate of drug-likeness (QED) is 0.770. The minimum absolute atomic E-state index is 0.0886. The SMILES string of the molecule is CC(C)c1[nH]nc2c(=O)[nH]c(Cc3cccc(C(F)(F)F)c3)nc12. The molecule has 3 rings (SSSR count). The van der Waals surface area contributed by atoms with E-state index in [0.717, 1.165) is 17.8 Å². The number of fused-ring (bicyclic) bond motifs is 1. The molecule has 5 nitrogen and oxygen atoms in total. The first-order valence-electron chi connectivity index (χ1n) is 7.39. The van der Waals surface area contributed by atoms with E-state index in [0.29, 0.717) is 16.9 Å². The average Bonchev–Trinajstić information content (AvgIpc) is 2.91. The molecule has 0 aliphatic rings. The molecule has 2 heterocycles. The van der Waals surface area contributed by atoms with Gasteiger partial charge < -0.3 is 4.98 Å². The van der Waals surface area contributed by atoms with Crippen LogP contribution in [0.4, 0.5) is 13.2 Å². The van der Waals surface area contributed by atoms with E-state index >= 15 is 0 Å². The van der Waals surface area contributed by atoms with Gasteiger partial charge in [0.15, 0.2) is 5.52 Å². The molecule has 0 saturated carbocycles. The molecule has 2 N–H and O–H groups in total. The fraction of sp³-hybridized carbons (Fsp3) is 0.312. The zero-order valence-corrected chi connectivity index (χ0v) is 13.0. The van der Waals surface area contributed by atoms with Gasteiger partial charge in [0.1, 0.15) is 11.3 Å². The molecule has 8 heteroatoms. The summed E-state index contributed by atoms with van der Waals surface area (Å²) in [6.07, 6.45) is -4.31. The van der Waals surface area contributed by atoms with Gasteiger partial charge in [0, 0.05) is 6.42 Å². The van der Waals surface area contributed by atoms with Crippen LogP contribution < -0.4 is 5.56 Å². The van der Waals surface area contributed by atoms with Crippen LogP contribution in [0.3, 0.4) is 0 Å². The summed E-state index contributed by atoms with van der Waals surface area (Å²) in [5.74, 6) is 0.390. The van der Waals surface area contributed by atoms with Crippen LogP contribution in [-0.4, -0.2) is 20.2 Å². The molecule has 0 saturated heterocycles. The second kappa shape index (κ2) is 5.77. The Morgan fingerprint density at radius 1 is 1.21 bits per heavy atom. The van der Waals surface area contributed by atoms with Crippen molar-refractivity contribution in [2.45, 2.75) is 32.4 Å². The highest BCUT2D eigenvalue weighted by Gasteiger charge is 2.30. The lowest BCUT2D eigenvalue weighted by molar-refractivity contribution is -0.137. The number of H-pyrrole nitrogens is 2. The van der Waals surface area contributed by atoms with Crippen molar-refractivity contribution in [3.8, 4) is 0 Å². The number of alkyl halides is 3. The summed E-state index contributed by atoms with van der Waals surface area (Å²) in [6.45, 7) is 3.87. The number of hydrogen-bond acceptors (Lipinski definition) is 3. The normalized spacial score (nSPS) is 12.2. The van der Waals surface area contributed by atoms with Crippen LogP contribution in [0.15, 0.2) is 29.1 Å². The van der Waals surface area contributed by atoms with Gasteiger partial charge in [-0.2, -0.15) is 18.3 Å². The maximum atomic E-state index is 12.8. The van der Waals surface area contributed by atoms with Crippen LogP contribution >= 0.6 is 0 Å². The zero-order chi connectivity index (χ0) is 17.5. The van der Waals surface area contributed by atoms with Crippen molar-refractivity contribution in [3.63, 3.8) is 0 Å². The Morgan fingerprint density at radius 2 is 1.96 bits per heavy atom. The lowest BCUT2D eigenvalue weighted by atomic mass is 10.1. The number of rotatable bonds is 3. The largest absolute Gasteiger partial charge is 0.416 e. The van der Waals surface area contributed by atoms with Crippen LogP contribution in [0.5, 0.6) is 0 Å². The van der Waals surface area contributed by atoms with Crippen molar-refractivity contribution < 1.29 is 13.2 Å². The highest BCUT2D eigenvalue weighted by Crippen LogP contribution is 2.29. The first kappa shape index (κ1) is 16.2. The van der Waals surface area contributed by atoms with Crippen LogP contribution in [0.2, 0.25) is 0 Å². The number of halogens is 3. The molecule has 24 heavy (non-hydrogen) atoms. The van der Waals surface area contributed by atoms with E-state index in [1.807, 2.05) is 13.8 Å². The van der Waals surface area contributed by atoms with Gasteiger partial charge in [0.25, 0.3) is 5.56 Å². The molecule has 0 radical (unpaired) electrons. The predicted octanol–water partition coefficient (Wildman–Crippen LogP) is 3.38. The molecule has 3 aromatic rings.